The second-order valence-corrected chi connectivity index (χ2v) is 5.63. The smallest absolute Gasteiger partial charge is 0.322 e. The molecule has 1 aromatic rings. The molecule has 2 aliphatic heterocycles. The molecule has 8 nitrogen and oxygen atoms in total. The summed E-state index contributed by atoms with van der Waals surface area (Å²) in [5.41, 5.74) is 1.06. The van der Waals surface area contributed by atoms with Gasteiger partial charge in [0.1, 0.15) is 6.04 Å². The van der Waals surface area contributed by atoms with Crippen molar-refractivity contribution >= 4 is 23.5 Å². The number of imide groups is 1. The van der Waals surface area contributed by atoms with Gasteiger partial charge in [0.05, 0.1) is 11.9 Å². The second-order valence-electron chi connectivity index (χ2n) is 5.63. The first-order valence-electron chi connectivity index (χ1n) is 7.67. The van der Waals surface area contributed by atoms with Crippen LogP contribution in [0.3, 0.4) is 0 Å². The number of carbonyl (C=O) groups excluding carboxylic acids is 3. The van der Waals surface area contributed by atoms with Crippen LogP contribution in [-0.4, -0.2) is 60.0 Å². The van der Waals surface area contributed by atoms with Crippen LogP contribution in [0.25, 0.3) is 0 Å². The summed E-state index contributed by atoms with van der Waals surface area (Å²) in [4.78, 5) is 42.8. The maximum absolute atomic E-state index is 12.2. The second kappa shape index (κ2) is 6.64. The molecule has 0 saturated carbocycles. The number of amides is 4. The Bertz CT molecular complexity index is 598. The van der Waals surface area contributed by atoms with Crippen molar-refractivity contribution in [1.82, 2.24) is 20.5 Å². The molecule has 3 rings (SSSR count). The highest BCUT2D eigenvalue weighted by atomic mass is 16.2. The molecule has 1 atom stereocenters. The molecule has 23 heavy (non-hydrogen) atoms. The number of carbonyl (C=O) groups is 3. The van der Waals surface area contributed by atoms with E-state index in [-0.39, 0.29) is 18.2 Å². The number of urea groups is 1. The van der Waals surface area contributed by atoms with E-state index < -0.39 is 12.1 Å². The van der Waals surface area contributed by atoms with Gasteiger partial charge in [-0.25, -0.2) is 4.79 Å². The highest BCUT2D eigenvalue weighted by Crippen LogP contribution is 2.15. The minimum absolute atomic E-state index is 0.0183. The summed E-state index contributed by atoms with van der Waals surface area (Å²) in [6.45, 7) is 2.82. The number of nitrogens with one attached hydrogen (secondary N) is 2. The first-order chi connectivity index (χ1) is 11.1. The number of rotatable bonds is 4. The largest absolute Gasteiger partial charge is 0.367 e. The average molecular weight is 317 g/mol. The Morgan fingerprint density at radius 2 is 2.04 bits per heavy atom. The molecule has 2 aliphatic rings. The van der Waals surface area contributed by atoms with E-state index in [2.05, 4.69) is 20.5 Å². The molecule has 1 aromatic heterocycles. The van der Waals surface area contributed by atoms with Crippen LogP contribution in [0.15, 0.2) is 24.5 Å². The van der Waals surface area contributed by atoms with Crippen LogP contribution in [0.5, 0.6) is 0 Å². The summed E-state index contributed by atoms with van der Waals surface area (Å²) in [6.07, 6.45) is 4.14. The zero-order valence-electron chi connectivity index (χ0n) is 12.7. The van der Waals surface area contributed by atoms with Gasteiger partial charge < -0.3 is 15.1 Å². The van der Waals surface area contributed by atoms with Crippen LogP contribution in [0.4, 0.5) is 10.5 Å². The van der Waals surface area contributed by atoms with Gasteiger partial charge in [-0.2, -0.15) is 0 Å². The van der Waals surface area contributed by atoms with Gasteiger partial charge in [-0.15, -0.1) is 0 Å². The predicted molar refractivity (Wildman–Crippen MR) is 82.7 cm³/mol. The van der Waals surface area contributed by atoms with Crippen LogP contribution in [0.1, 0.15) is 12.8 Å². The van der Waals surface area contributed by atoms with Gasteiger partial charge in [0, 0.05) is 38.8 Å². The van der Waals surface area contributed by atoms with Crippen molar-refractivity contribution in [3.63, 3.8) is 0 Å². The monoisotopic (exact) mass is 317 g/mol. The zero-order chi connectivity index (χ0) is 16.2. The molecule has 2 saturated heterocycles. The zero-order valence-corrected chi connectivity index (χ0v) is 12.7. The van der Waals surface area contributed by atoms with Crippen molar-refractivity contribution in [1.29, 1.82) is 0 Å². The van der Waals surface area contributed by atoms with Crippen molar-refractivity contribution in [3.05, 3.63) is 24.5 Å². The summed E-state index contributed by atoms with van der Waals surface area (Å²) < 4.78 is 0. The molecule has 0 radical (unpaired) electrons. The molecule has 2 fully saturated rings. The van der Waals surface area contributed by atoms with Gasteiger partial charge in [0.15, 0.2) is 0 Å². The van der Waals surface area contributed by atoms with E-state index in [1.807, 2.05) is 23.2 Å². The van der Waals surface area contributed by atoms with Gasteiger partial charge in [-0.05, 0) is 18.6 Å². The van der Waals surface area contributed by atoms with Gasteiger partial charge in [-0.3, -0.25) is 19.9 Å². The lowest BCUT2D eigenvalue weighted by atomic mass is 10.1. The van der Waals surface area contributed by atoms with Crippen molar-refractivity contribution < 1.29 is 14.4 Å². The molecule has 0 aliphatic carbocycles. The average Bonchev–Trinajstić information content (AvgIpc) is 2.91. The lowest BCUT2D eigenvalue weighted by Crippen LogP contribution is -2.49. The van der Waals surface area contributed by atoms with E-state index in [9.17, 15) is 14.4 Å². The number of pyridine rings is 1. The topological polar surface area (TPSA) is 94.6 Å². The normalized spacial score (nSPS) is 21.1. The van der Waals surface area contributed by atoms with Crippen molar-refractivity contribution in [2.45, 2.75) is 18.9 Å². The van der Waals surface area contributed by atoms with E-state index in [1.54, 1.807) is 6.20 Å². The number of anilines is 1. The Labute approximate surface area is 133 Å². The molecule has 0 bridgehead atoms. The Kier molecular flexibility index (Phi) is 4.40. The molecule has 0 spiro atoms. The molecule has 8 heteroatoms. The molecule has 4 amide bonds. The number of aromatic nitrogens is 1. The molecule has 122 valence electrons. The molecular weight excluding hydrogens is 298 g/mol. The van der Waals surface area contributed by atoms with E-state index in [4.69, 9.17) is 0 Å². The molecule has 3 heterocycles. The van der Waals surface area contributed by atoms with Crippen LogP contribution < -0.4 is 15.5 Å². The molecule has 1 unspecified atom stereocenters. The van der Waals surface area contributed by atoms with Gasteiger partial charge in [0.2, 0.25) is 5.91 Å². The van der Waals surface area contributed by atoms with Crippen molar-refractivity contribution in [2.24, 2.45) is 0 Å². The van der Waals surface area contributed by atoms with E-state index in [0.29, 0.717) is 19.5 Å². The van der Waals surface area contributed by atoms with Gasteiger partial charge in [0.25, 0.3) is 5.91 Å². The third-order valence-corrected chi connectivity index (χ3v) is 4.15. The fraction of sp³-hybridized carbons (Fsp3) is 0.467. The summed E-state index contributed by atoms with van der Waals surface area (Å²) in [5, 5.41) is 4.67. The fourth-order valence-corrected chi connectivity index (χ4v) is 2.84. The van der Waals surface area contributed by atoms with Crippen molar-refractivity contribution in [2.75, 3.05) is 31.1 Å². The summed E-state index contributed by atoms with van der Waals surface area (Å²) in [7, 11) is 0. The molecule has 2 N–H and O–H groups in total. The summed E-state index contributed by atoms with van der Waals surface area (Å²) in [6, 6.07) is 2.82. The number of nitrogens with zero attached hydrogens (tertiary/aromatic N) is 3. The number of hydrogen-bond donors (Lipinski definition) is 2. The van der Waals surface area contributed by atoms with Gasteiger partial charge in [-0.1, -0.05) is 0 Å². The summed E-state index contributed by atoms with van der Waals surface area (Å²) in [5.74, 6) is -0.339. The fourth-order valence-electron chi connectivity index (χ4n) is 2.84. The third kappa shape index (κ3) is 3.58. The highest BCUT2D eigenvalue weighted by molar-refractivity contribution is 6.04. The van der Waals surface area contributed by atoms with Crippen LogP contribution >= 0.6 is 0 Å². The first kappa shape index (κ1) is 15.3. The maximum Gasteiger partial charge on any atom is 0.322 e. The lowest BCUT2D eigenvalue weighted by Gasteiger charge is -2.36. The maximum atomic E-state index is 12.2. The van der Waals surface area contributed by atoms with Crippen LogP contribution in [0.2, 0.25) is 0 Å². The van der Waals surface area contributed by atoms with Gasteiger partial charge >= 0.3 is 6.03 Å². The van der Waals surface area contributed by atoms with Crippen molar-refractivity contribution in [3.8, 4) is 0 Å². The summed E-state index contributed by atoms with van der Waals surface area (Å²) >= 11 is 0. The minimum atomic E-state index is -0.594. The Balaban J connectivity index is 1.45. The quantitative estimate of drug-likeness (QED) is 0.745. The Hall–Kier alpha value is -2.64. The minimum Gasteiger partial charge on any atom is -0.367 e. The number of piperazine rings is 1. The Morgan fingerprint density at radius 3 is 2.65 bits per heavy atom. The predicted octanol–water partition coefficient (Wildman–Crippen LogP) is -0.282. The third-order valence-electron chi connectivity index (χ3n) is 4.15. The van der Waals surface area contributed by atoms with Crippen LogP contribution in [-0.2, 0) is 9.59 Å². The highest BCUT2D eigenvalue weighted by Gasteiger charge is 2.30. The molecular formula is C15H19N5O3. The first-order valence-corrected chi connectivity index (χ1v) is 7.67. The number of hydrogen-bond acceptors (Lipinski definition) is 5. The lowest BCUT2D eigenvalue weighted by molar-refractivity contribution is -0.131. The SMILES string of the molecule is O=C1NC(=O)C(CCC(=O)N2CCN(c3cccnc3)CC2)N1. The van der Waals surface area contributed by atoms with Crippen LogP contribution in [0, 0.1) is 0 Å². The van der Waals surface area contributed by atoms with E-state index in [0.717, 1.165) is 18.8 Å². The van der Waals surface area contributed by atoms with E-state index in [1.165, 1.54) is 0 Å². The Morgan fingerprint density at radius 1 is 1.26 bits per heavy atom. The molecule has 0 aromatic carbocycles. The van der Waals surface area contributed by atoms with E-state index >= 15 is 0 Å². The standard InChI is InChI=1S/C15H19N5O3/c21-13(4-3-12-14(22)18-15(23)17-12)20-8-6-19(7-9-20)11-2-1-5-16-10-11/h1-2,5,10,12H,3-4,6-9H2,(H2,17,18,22,23).